The van der Waals surface area contributed by atoms with Crippen LogP contribution in [0.4, 0.5) is 34.1 Å². The minimum absolute atomic E-state index is 0.0268. The summed E-state index contributed by atoms with van der Waals surface area (Å²) in [6.07, 6.45) is -0.705. The fourth-order valence-electron chi connectivity index (χ4n) is 5.79. The average Bonchev–Trinajstić information content (AvgIpc) is 3.56. The van der Waals surface area contributed by atoms with E-state index in [9.17, 15) is 16.4 Å². The van der Waals surface area contributed by atoms with Crippen molar-refractivity contribution < 1.29 is 26.3 Å². The Bertz CT molecular complexity index is 3200. The predicted octanol–water partition coefficient (Wildman–Crippen LogP) is 16.5. The Morgan fingerprint density at radius 1 is 0.446 bits per heavy atom. The summed E-state index contributed by atoms with van der Waals surface area (Å²) < 4.78 is 157. The van der Waals surface area contributed by atoms with Gasteiger partial charge in [0.2, 0.25) is 0 Å². The molecule has 0 radical (unpaired) electrons. The van der Waals surface area contributed by atoms with Crippen LogP contribution in [0.5, 0.6) is 0 Å². The molecule has 294 valence electrons. The highest BCUT2D eigenvalue weighted by Crippen LogP contribution is 2.51. The highest BCUT2D eigenvalue weighted by Gasteiger charge is 2.30. The van der Waals surface area contributed by atoms with Gasteiger partial charge in [-0.1, -0.05) is 158 Å². The quantitative estimate of drug-likeness (QED) is 0.168. The summed E-state index contributed by atoms with van der Waals surface area (Å²) in [5.74, 6) is 0. The SMILES string of the molecule is [2H]c1oc2c([2H])c([2H])c(C(C)(C)C)c([2H])c2c1N(c1cc(C(C)(C)C)cc(N(c2c([2H])c([2H])c(C(C)(C)C)c([2H])c2[2H])c2c([2H])c([2H])c([2H])c(C(C)(C)C)c2[2H])c1Cl)c1c([2H])c([2H])c(C(C)(C)C)c([2H])c1[2H]. The van der Waals surface area contributed by atoms with Crippen molar-refractivity contribution in [3.8, 4) is 0 Å². The number of hydrogen-bond acceptors (Lipinski definition) is 3. The van der Waals surface area contributed by atoms with Crippen molar-refractivity contribution in [2.75, 3.05) is 9.80 Å². The Labute approximate surface area is 365 Å². The van der Waals surface area contributed by atoms with E-state index in [2.05, 4.69) is 0 Å². The van der Waals surface area contributed by atoms with E-state index in [0.717, 1.165) is 9.80 Å². The maximum atomic E-state index is 9.84. The van der Waals surface area contributed by atoms with E-state index >= 15 is 0 Å². The van der Waals surface area contributed by atoms with Crippen LogP contribution in [0.3, 0.4) is 0 Å². The molecule has 0 aliphatic heterocycles. The van der Waals surface area contributed by atoms with Crippen molar-refractivity contribution in [3.05, 3.63) is 142 Å². The van der Waals surface area contributed by atoms with Gasteiger partial charge in [0.1, 0.15) is 13.2 Å². The van der Waals surface area contributed by atoms with Crippen molar-refractivity contribution in [1.29, 1.82) is 0 Å². The van der Waals surface area contributed by atoms with Crippen LogP contribution in [0.1, 0.15) is 154 Å². The molecular weight excluding hydrogens is 704 g/mol. The molecule has 6 aromatic rings. The van der Waals surface area contributed by atoms with Crippen molar-refractivity contribution in [2.24, 2.45) is 0 Å². The van der Waals surface area contributed by atoms with Gasteiger partial charge >= 0.3 is 0 Å². The Kier molecular flexibility index (Phi) is 6.47. The summed E-state index contributed by atoms with van der Waals surface area (Å²) in [6.45, 7) is 26.4. The highest BCUT2D eigenvalue weighted by molar-refractivity contribution is 6.37. The molecule has 5 aromatic carbocycles. The third-order valence-corrected chi connectivity index (χ3v) is 9.76. The van der Waals surface area contributed by atoms with Gasteiger partial charge in [-0.25, -0.2) is 0 Å². The molecule has 4 heteroatoms. The smallest absolute Gasteiger partial charge is 0.136 e. The first-order valence-corrected chi connectivity index (χ1v) is 19.2. The summed E-state index contributed by atoms with van der Waals surface area (Å²) >= 11 is 7.84. The Morgan fingerprint density at radius 2 is 0.875 bits per heavy atom. The molecule has 0 fully saturated rings. The van der Waals surface area contributed by atoms with Crippen molar-refractivity contribution in [3.63, 3.8) is 0 Å². The Morgan fingerprint density at radius 3 is 1.36 bits per heavy atom. The zero-order valence-corrected chi connectivity index (χ0v) is 36.1. The van der Waals surface area contributed by atoms with E-state index in [4.69, 9.17) is 21.5 Å². The van der Waals surface area contributed by atoms with Gasteiger partial charge in [0.05, 0.1) is 42.6 Å². The number of nitrogens with zero attached hydrogens (tertiary/aromatic N) is 2. The molecule has 0 spiro atoms. The van der Waals surface area contributed by atoms with Crippen LogP contribution in [-0.2, 0) is 27.1 Å². The number of anilines is 6. The lowest BCUT2D eigenvalue weighted by atomic mass is 9.85. The highest BCUT2D eigenvalue weighted by atomic mass is 35.5. The molecule has 0 amide bonds. The second kappa shape index (κ2) is 14.5. The standard InChI is InChI=1S/C52H63ClN2O/c1-48(2,3)34-19-24-39(25-20-34)54(41-18-16-17-36(29-41)50(7,8)9)43-31-38(52(13,14)15)32-44(47(43)53)55(40-26-21-35(22-27-40)49(4,5)6)45-33-56-46-28-23-37(30-42(45)46)51(10,11)12/h16-33H,1-15H3/i16D,17D,18D,19D,20D,21D,22D,23D,24D,25D,26D,27D,28D,29D,30D,33D. The lowest BCUT2D eigenvalue weighted by molar-refractivity contribution is 0.589. The molecule has 0 saturated heterocycles. The number of hydrogen-bond donors (Lipinski definition) is 0. The number of furan rings is 1. The summed E-state index contributed by atoms with van der Waals surface area (Å²) in [4.78, 5) is 2.26. The van der Waals surface area contributed by atoms with Gasteiger partial charge in [0, 0.05) is 22.4 Å². The first-order valence-electron chi connectivity index (χ1n) is 26.8. The van der Waals surface area contributed by atoms with Crippen LogP contribution < -0.4 is 9.80 Å². The second-order valence-corrected chi connectivity index (χ2v) is 19.8. The van der Waals surface area contributed by atoms with E-state index in [1.165, 1.54) is 0 Å². The normalized spacial score (nSPS) is 17.0. The minimum Gasteiger partial charge on any atom is -0.462 e. The number of halogens is 1. The number of benzene rings is 5. The zero-order chi connectivity index (χ0) is 55.1. The van der Waals surface area contributed by atoms with Gasteiger partial charge in [-0.2, -0.15) is 0 Å². The van der Waals surface area contributed by atoms with Crippen LogP contribution in [0.25, 0.3) is 11.0 Å². The maximum Gasteiger partial charge on any atom is 0.136 e. The molecule has 1 heterocycles. The molecule has 0 unspecified atom stereocenters. The zero-order valence-electron chi connectivity index (χ0n) is 51.3. The third kappa shape index (κ3) is 8.44. The minimum atomic E-state index is -0.999. The fourth-order valence-corrected chi connectivity index (χ4v) is 6.06. The molecule has 0 atom stereocenters. The Balaban J connectivity index is 2.01. The monoisotopic (exact) mass is 783 g/mol. The fraction of sp³-hybridized carbons (Fsp3) is 0.385. The van der Waals surface area contributed by atoms with E-state index < -0.39 is 129 Å². The summed E-state index contributed by atoms with van der Waals surface area (Å²) in [5, 5.41) is -0.564. The molecule has 56 heavy (non-hydrogen) atoms. The van der Waals surface area contributed by atoms with Crippen LogP contribution in [0, 0.1) is 0 Å². The van der Waals surface area contributed by atoms with E-state index in [1.807, 2.05) is 20.8 Å². The van der Waals surface area contributed by atoms with Gasteiger partial charge in [0.15, 0.2) is 0 Å². The number of fused-ring (bicyclic) bond motifs is 1. The average molecular weight is 784 g/mol. The maximum absolute atomic E-state index is 9.84. The van der Waals surface area contributed by atoms with Crippen molar-refractivity contribution >= 4 is 56.7 Å². The topological polar surface area (TPSA) is 19.6 Å². The number of rotatable bonds is 6. The van der Waals surface area contributed by atoms with Crippen LogP contribution in [0.2, 0.25) is 5.02 Å². The van der Waals surface area contributed by atoms with Gasteiger partial charge in [-0.05, 0) is 115 Å². The van der Waals surface area contributed by atoms with E-state index in [1.54, 1.807) is 95.2 Å². The molecule has 0 aliphatic carbocycles. The van der Waals surface area contributed by atoms with Gasteiger partial charge in [-0.3, -0.25) is 0 Å². The lowest BCUT2D eigenvalue weighted by Gasteiger charge is -2.34. The summed E-state index contributed by atoms with van der Waals surface area (Å²) in [7, 11) is 0. The molecule has 6 rings (SSSR count). The largest absolute Gasteiger partial charge is 0.462 e. The summed E-state index contributed by atoms with van der Waals surface area (Å²) in [5.41, 5.74) is -6.41. The van der Waals surface area contributed by atoms with Crippen LogP contribution in [-0.4, -0.2) is 0 Å². The first-order chi connectivity index (χ1) is 32.5. The summed E-state index contributed by atoms with van der Waals surface area (Å²) in [6, 6.07) is -4.23. The third-order valence-electron chi connectivity index (χ3n) is 9.38. The molecule has 0 bridgehead atoms. The van der Waals surface area contributed by atoms with Gasteiger partial charge in [0.25, 0.3) is 0 Å². The molecule has 1 aromatic heterocycles. The second-order valence-electron chi connectivity index (χ2n) is 19.4. The molecule has 0 aliphatic rings. The van der Waals surface area contributed by atoms with Crippen LogP contribution >= 0.6 is 11.6 Å². The van der Waals surface area contributed by atoms with Crippen LogP contribution in [0.15, 0.2) is 113 Å². The van der Waals surface area contributed by atoms with Crippen molar-refractivity contribution in [2.45, 2.75) is 131 Å². The molecule has 3 nitrogen and oxygen atoms in total. The van der Waals surface area contributed by atoms with Gasteiger partial charge in [-0.15, -0.1) is 0 Å². The van der Waals surface area contributed by atoms with Gasteiger partial charge < -0.3 is 14.2 Å². The Hall–Kier alpha value is -4.47. The van der Waals surface area contributed by atoms with E-state index in [-0.39, 0.29) is 67.4 Å². The predicted molar refractivity (Wildman–Crippen MR) is 244 cm³/mol. The molecular formula is C52H63ClN2O. The van der Waals surface area contributed by atoms with E-state index in [0.29, 0.717) is 5.56 Å². The molecule has 0 saturated carbocycles. The lowest BCUT2D eigenvalue weighted by Crippen LogP contribution is -2.19. The molecule has 0 N–H and O–H groups in total. The first kappa shape index (κ1) is 25.0. The van der Waals surface area contributed by atoms with Crippen molar-refractivity contribution in [1.82, 2.24) is 0 Å².